The summed E-state index contributed by atoms with van der Waals surface area (Å²) in [5, 5.41) is 16.4. The van der Waals surface area contributed by atoms with Crippen molar-refractivity contribution in [2.24, 2.45) is 0 Å². The molecule has 59 heavy (non-hydrogen) atoms. The summed E-state index contributed by atoms with van der Waals surface area (Å²) in [6, 6.07) is 19.8. The molecule has 0 aliphatic carbocycles. The van der Waals surface area contributed by atoms with Crippen LogP contribution in [0.25, 0.3) is 21.8 Å². The Balaban J connectivity index is 0.000000179. The first kappa shape index (κ1) is 40.2. The van der Waals surface area contributed by atoms with Crippen LogP contribution in [-0.4, -0.2) is 76.3 Å². The highest BCUT2D eigenvalue weighted by Crippen LogP contribution is 2.32. The minimum absolute atomic E-state index is 0.0927. The van der Waals surface area contributed by atoms with Crippen molar-refractivity contribution in [1.82, 2.24) is 30.4 Å². The Bertz CT molecular complexity index is 2530. The zero-order valence-corrected chi connectivity index (χ0v) is 33.2. The lowest BCUT2D eigenvalue weighted by molar-refractivity contribution is -0.117. The fourth-order valence-corrected chi connectivity index (χ4v) is 8.06. The molecule has 8 rings (SSSR count). The van der Waals surface area contributed by atoms with Crippen LogP contribution >= 0.6 is 0 Å². The number of hydrogen-bond donors (Lipinski definition) is 5. The number of aromatic nitrogens is 2. The average molecular weight is 797 g/mol. The van der Waals surface area contributed by atoms with Crippen molar-refractivity contribution in [3.8, 4) is 0 Å². The maximum Gasteiger partial charge on any atom is 0.268 e. The Labute approximate surface area is 341 Å². The molecule has 5 aromatic rings. The Kier molecular flexibility index (Phi) is 11.8. The molecule has 0 spiro atoms. The number of rotatable bonds is 11. The molecule has 0 saturated heterocycles. The van der Waals surface area contributed by atoms with Crippen molar-refractivity contribution in [2.75, 3.05) is 29.9 Å². The highest BCUT2D eigenvalue weighted by atomic mass is 16.2. The van der Waals surface area contributed by atoms with Crippen LogP contribution in [0.3, 0.4) is 0 Å². The molecule has 2 atom stereocenters. The summed E-state index contributed by atoms with van der Waals surface area (Å²) in [5.74, 6) is -1.01. The van der Waals surface area contributed by atoms with Gasteiger partial charge in [0.05, 0.1) is 0 Å². The van der Waals surface area contributed by atoms with E-state index >= 15 is 0 Å². The van der Waals surface area contributed by atoms with Crippen LogP contribution in [0.5, 0.6) is 0 Å². The molecule has 0 bridgehead atoms. The van der Waals surface area contributed by atoms with Gasteiger partial charge in [0.15, 0.2) is 0 Å². The molecular formula is C45H48N8O6. The van der Waals surface area contributed by atoms with E-state index in [4.69, 9.17) is 0 Å². The van der Waals surface area contributed by atoms with Gasteiger partial charge in [0.1, 0.15) is 11.4 Å². The van der Waals surface area contributed by atoms with Gasteiger partial charge in [0.25, 0.3) is 23.6 Å². The van der Waals surface area contributed by atoms with Gasteiger partial charge in [-0.2, -0.15) is 0 Å². The van der Waals surface area contributed by atoms with Gasteiger partial charge in [-0.1, -0.05) is 51.6 Å². The fraction of sp³-hybridized carbons (Fsp3) is 0.289. The van der Waals surface area contributed by atoms with Crippen molar-refractivity contribution < 1.29 is 28.8 Å². The summed E-state index contributed by atoms with van der Waals surface area (Å²) in [6.45, 7) is 14.2. The van der Waals surface area contributed by atoms with Crippen LogP contribution in [0.1, 0.15) is 80.4 Å². The second-order valence-corrected chi connectivity index (χ2v) is 14.8. The lowest BCUT2D eigenvalue weighted by Crippen LogP contribution is -2.51. The van der Waals surface area contributed by atoms with E-state index in [1.54, 1.807) is 17.0 Å². The van der Waals surface area contributed by atoms with Gasteiger partial charge in [0, 0.05) is 89.1 Å². The summed E-state index contributed by atoms with van der Waals surface area (Å²) in [4.78, 5) is 75.5. The summed E-state index contributed by atoms with van der Waals surface area (Å²) >= 11 is 0. The fourth-order valence-electron chi connectivity index (χ4n) is 8.06. The van der Waals surface area contributed by atoms with Crippen LogP contribution in [-0.2, 0) is 29.1 Å². The van der Waals surface area contributed by atoms with Gasteiger partial charge in [-0.15, -0.1) is 0 Å². The normalized spacial score (nSPS) is 15.0. The Hall–Kier alpha value is -6.96. The van der Waals surface area contributed by atoms with Crippen molar-refractivity contribution in [3.63, 3.8) is 0 Å². The number of nitrogens with zero attached hydrogens (tertiary/aromatic N) is 3. The number of hydrogen-bond acceptors (Lipinski definition) is 6. The van der Waals surface area contributed by atoms with Crippen molar-refractivity contribution in [1.29, 1.82) is 0 Å². The first-order valence-corrected chi connectivity index (χ1v) is 20.0. The summed E-state index contributed by atoms with van der Waals surface area (Å²) < 4.78 is 3.89. The van der Waals surface area contributed by atoms with Crippen LogP contribution in [0.4, 0.5) is 11.4 Å². The van der Waals surface area contributed by atoms with Gasteiger partial charge in [-0.05, 0) is 85.5 Å². The van der Waals surface area contributed by atoms with E-state index in [0.717, 1.165) is 52.3 Å². The van der Waals surface area contributed by atoms with E-state index in [2.05, 4.69) is 39.7 Å². The molecule has 3 aliphatic rings. The minimum Gasteiger partial charge on any atom is -0.349 e. The van der Waals surface area contributed by atoms with Gasteiger partial charge in [-0.3, -0.25) is 28.8 Å². The minimum atomic E-state index is -0.243. The standard InChI is InChI=1S/C23H20N4O3.C22H28N4O3/c1-2-21(28)27-9-7-14-5-6-17(13-19(14)27)25-22(29)16-4-3-15-11-20-23(30)24-8-10-26(20)18(15)12-16;1-4-7-17(24-20(27)6-3)16(5-2)25-21(28)15-9-8-14-12-19-22(29)23-10-11-26(19)18(14)13-15/h2-6,11-13H,1,7-10H2,(H,24,30)(H,25,29);6,8-9,12-13,16-17H,3-5,7,10-11H2,1-2H3,(H,23,29)(H,24,27)(H,25,28). The van der Waals surface area contributed by atoms with Gasteiger partial charge >= 0.3 is 0 Å². The number of amides is 6. The SMILES string of the molecule is C=CC(=O)N1CCc2ccc(NC(=O)c3ccc4cc5n(c4c3)CCNC5=O)cc21.C=CC(=O)NC(CCC)C(CC)NC(=O)c1ccc2cc3n(c2c1)CCNC3=O. The molecule has 304 valence electrons. The lowest BCUT2D eigenvalue weighted by atomic mass is 10.00. The second kappa shape index (κ2) is 17.3. The molecule has 2 aromatic heterocycles. The maximum absolute atomic E-state index is 12.9. The smallest absolute Gasteiger partial charge is 0.268 e. The summed E-state index contributed by atoms with van der Waals surface area (Å²) in [6.07, 6.45) is 5.67. The van der Waals surface area contributed by atoms with Crippen LogP contribution in [0, 0.1) is 0 Å². The summed E-state index contributed by atoms with van der Waals surface area (Å²) in [7, 11) is 0. The predicted octanol–water partition coefficient (Wildman–Crippen LogP) is 5.08. The summed E-state index contributed by atoms with van der Waals surface area (Å²) in [5.41, 5.74) is 6.51. The Morgan fingerprint density at radius 2 is 1.34 bits per heavy atom. The number of anilines is 2. The van der Waals surface area contributed by atoms with E-state index in [1.807, 2.05) is 77.6 Å². The van der Waals surface area contributed by atoms with Gasteiger partial charge < -0.3 is 40.6 Å². The molecule has 14 heteroatoms. The Morgan fingerprint density at radius 1 is 0.729 bits per heavy atom. The van der Waals surface area contributed by atoms with E-state index in [-0.39, 0.29) is 47.5 Å². The predicted molar refractivity (Wildman–Crippen MR) is 228 cm³/mol. The third-order valence-electron chi connectivity index (χ3n) is 11.1. The third kappa shape index (κ3) is 8.24. The topological polar surface area (TPSA) is 176 Å². The van der Waals surface area contributed by atoms with Gasteiger partial charge in [0.2, 0.25) is 11.8 Å². The Morgan fingerprint density at radius 3 is 1.90 bits per heavy atom. The molecule has 5 heterocycles. The first-order valence-electron chi connectivity index (χ1n) is 20.0. The van der Waals surface area contributed by atoms with E-state index in [9.17, 15) is 28.8 Å². The monoisotopic (exact) mass is 796 g/mol. The van der Waals surface area contributed by atoms with Gasteiger partial charge in [-0.25, -0.2) is 0 Å². The maximum atomic E-state index is 12.9. The largest absolute Gasteiger partial charge is 0.349 e. The number of nitrogens with one attached hydrogen (secondary N) is 5. The second-order valence-electron chi connectivity index (χ2n) is 14.8. The quantitative estimate of drug-likeness (QED) is 0.117. The molecule has 14 nitrogen and oxygen atoms in total. The molecule has 5 N–H and O–H groups in total. The number of carbonyl (C=O) groups is 6. The molecule has 3 aliphatic heterocycles. The lowest BCUT2D eigenvalue weighted by Gasteiger charge is -2.27. The molecule has 2 unspecified atom stereocenters. The number of fused-ring (bicyclic) bond motifs is 7. The molecule has 6 amide bonds. The number of carbonyl (C=O) groups excluding carboxylic acids is 6. The highest BCUT2D eigenvalue weighted by molar-refractivity contribution is 6.09. The van der Waals surface area contributed by atoms with Crippen LogP contribution < -0.4 is 31.5 Å². The number of benzene rings is 3. The molecule has 3 aromatic carbocycles. The molecule has 0 fully saturated rings. The van der Waals surface area contributed by atoms with Crippen molar-refractivity contribution in [3.05, 3.63) is 120 Å². The van der Waals surface area contributed by atoms with Crippen LogP contribution in [0.2, 0.25) is 0 Å². The van der Waals surface area contributed by atoms with Crippen molar-refractivity contribution >= 4 is 68.6 Å². The van der Waals surface area contributed by atoms with Crippen LogP contribution in [0.15, 0.2) is 92.0 Å². The van der Waals surface area contributed by atoms with E-state index in [1.165, 1.54) is 12.2 Å². The molecule has 0 radical (unpaired) electrons. The zero-order chi connectivity index (χ0) is 41.8. The average Bonchev–Trinajstić information content (AvgIpc) is 3.96. The molecular weight excluding hydrogens is 749 g/mol. The third-order valence-corrected chi connectivity index (χ3v) is 11.1. The van der Waals surface area contributed by atoms with E-state index in [0.29, 0.717) is 67.3 Å². The molecule has 0 saturated carbocycles. The first-order chi connectivity index (χ1) is 28.5. The highest BCUT2D eigenvalue weighted by Gasteiger charge is 2.26. The van der Waals surface area contributed by atoms with E-state index < -0.39 is 0 Å². The van der Waals surface area contributed by atoms with Crippen molar-refractivity contribution in [2.45, 2.75) is 64.7 Å². The zero-order valence-electron chi connectivity index (χ0n) is 33.2.